The van der Waals surface area contributed by atoms with Gasteiger partial charge in [-0.15, -0.1) is 0 Å². The molecule has 106 valence electrons. The predicted octanol–water partition coefficient (Wildman–Crippen LogP) is 3.87. The first-order valence-electron chi connectivity index (χ1n) is 6.16. The molecule has 0 aliphatic heterocycles. The Morgan fingerprint density at radius 3 is 2.67 bits per heavy atom. The van der Waals surface area contributed by atoms with E-state index < -0.39 is 4.92 Å². The molecule has 0 bridgehead atoms. The van der Waals surface area contributed by atoms with Gasteiger partial charge < -0.3 is 4.90 Å². The Morgan fingerprint density at radius 2 is 2.05 bits per heavy atom. The first-order valence-corrected chi connectivity index (χ1v) is 6.95. The van der Waals surface area contributed by atoms with E-state index in [0.29, 0.717) is 12.2 Å². The molecular weight excluding hydrogens is 334 g/mol. The summed E-state index contributed by atoms with van der Waals surface area (Å²) in [6.07, 6.45) is 0. The monoisotopic (exact) mass is 345 g/mol. The maximum atomic E-state index is 11.0. The molecule has 0 fully saturated rings. The number of benzene rings is 2. The molecule has 2 rings (SSSR count). The Hall–Kier alpha value is -2.39. The second-order valence-corrected chi connectivity index (χ2v) is 5.37. The number of anilines is 1. The molecule has 0 N–H and O–H groups in total. The van der Waals surface area contributed by atoms with Crippen molar-refractivity contribution in [3.8, 4) is 6.07 Å². The van der Waals surface area contributed by atoms with Crippen LogP contribution in [0.25, 0.3) is 0 Å². The number of nitro groups is 1. The van der Waals surface area contributed by atoms with Gasteiger partial charge in [-0.25, -0.2) is 0 Å². The second kappa shape index (κ2) is 6.37. The van der Waals surface area contributed by atoms with E-state index in [2.05, 4.69) is 15.9 Å². The molecular formula is C15H12BrN3O2. The van der Waals surface area contributed by atoms with Gasteiger partial charge in [0.05, 0.1) is 4.92 Å². The maximum absolute atomic E-state index is 11.0. The lowest BCUT2D eigenvalue weighted by atomic mass is 10.1. The van der Waals surface area contributed by atoms with Gasteiger partial charge in [-0.05, 0) is 23.8 Å². The molecule has 0 radical (unpaired) electrons. The molecule has 21 heavy (non-hydrogen) atoms. The van der Waals surface area contributed by atoms with E-state index in [-0.39, 0.29) is 11.3 Å². The van der Waals surface area contributed by atoms with Gasteiger partial charge in [-0.1, -0.05) is 34.1 Å². The van der Waals surface area contributed by atoms with Crippen molar-refractivity contribution in [3.05, 3.63) is 68.2 Å². The largest absolute Gasteiger partial charge is 0.370 e. The topological polar surface area (TPSA) is 70.2 Å². The van der Waals surface area contributed by atoms with E-state index in [9.17, 15) is 10.1 Å². The summed E-state index contributed by atoms with van der Waals surface area (Å²) in [6, 6.07) is 14.3. The number of rotatable bonds is 4. The van der Waals surface area contributed by atoms with Crippen molar-refractivity contribution in [3.63, 3.8) is 0 Å². The summed E-state index contributed by atoms with van der Waals surface area (Å²) < 4.78 is 0.986. The van der Waals surface area contributed by atoms with Gasteiger partial charge in [0.15, 0.2) is 0 Å². The van der Waals surface area contributed by atoms with Crippen molar-refractivity contribution < 1.29 is 4.92 Å². The number of hydrogen-bond donors (Lipinski definition) is 0. The summed E-state index contributed by atoms with van der Waals surface area (Å²) in [6.45, 7) is 0.602. The number of hydrogen-bond acceptors (Lipinski definition) is 4. The quantitative estimate of drug-likeness (QED) is 0.623. The average molecular weight is 346 g/mol. The smallest absolute Gasteiger partial charge is 0.289 e. The maximum Gasteiger partial charge on any atom is 0.289 e. The molecule has 5 nitrogen and oxygen atoms in total. The molecule has 2 aromatic rings. The minimum absolute atomic E-state index is 0.0676. The molecule has 0 saturated carbocycles. The fraction of sp³-hybridized carbons (Fsp3) is 0.133. The van der Waals surface area contributed by atoms with E-state index in [4.69, 9.17) is 5.26 Å². The minimum Gasteiger partial charge on any atom is -0.370 e. The Morgan fingerprint density at radius 1 is 1.33 bits per heavy atom. The van der Waals surface area contributed by atoms with Crippen LogP contribution >= 0.6 is 15.9 Å². The first kappa shape index (κ1) is 15.0. The van der Waals surface area contributed by atoms with Crippen LogP contribution in [-0.2, 0) is 6.54 Å². The highest BCUT2D eigenvalue weighted by Gasteiger charge is 2.16. The van der Waals surface area contributed by atoms with Gasteiger partial charge in [0, 0.05) is 29.8 Å². The van der Waals surface area contributed by atoms with Gasteiger partial charge in [0.25, 0.3) is 5.69 Å². The van der Waals surface area contributed by atoms with Crippen LogP contribution in [0, 0.1) is 21.4 Å². The molecule has 0 saturated heterocycles. The fourth-order valence-corrected chi connectivity index (χ4v) is 2.39. The number of halogens is 1. The van der Waals surface area contributed by atoms with Crippen molar-refractivity contribution in [1.82, 2.24) is 0 Å². The molecule has 0 amide bonds. The summed E-state index contributed by atoms with van der Waals surface area (Å²) in [5.41, 5.74) is 1.66. The number of nitrogens with zero attached hydrogens (tertiary/aromatic N) is 3. The molecule has 0 spiro atoms. The SMILES string of the molecule is CN(Cc1ccccc1Br)c1ccc(C#N)c([N+](=O)[O-])c1. The van der Waals surface area contributed by atoms with Crippen molar-refractivity contribution in [2.45, 2.75) is 6.54 Å². The van der Waals surface area contributed by atoms with E-state index in [1.165, 1.54) is 12.1 Å². The number of nitro benzene ring substituents is 1. The molecule has 6 heteroatoms. The third-order valence-electron chi connectivity index (χ3n) is 3.10. The van der Waals surface area contributed by atoms with Gasteiger partial charge in [-0.3, -0.25) is 10.1 Å². The van der Waals surface area contributed by atoms with Gasteiger partial charge in [0.1, 0.15) is 11.6 Å². The van der Waals surface area contributed by atoms with E-state index in [1.54, 1.807) is 6.07 Å². The lowest BCUT2D eigenvalue weighted by Gasteiger charge is -2.20. The molecule has 0 heterocycles. The average Bonchev–Trinajstić information content (AvgIpc) is 2.48. The van der Waals surface area contributed by atoms with Gasteiger partial charge >= 0.3 is 0 Å². The van der Waals surface area contributed by atoms with Crippen LogP contribution in [0.1, 0.15) is 11.1 Å². The van der Waals surface area contributed by atoms with Crippen LogP contribution in [0.3, 0.4) is 0 Å². The molecule has 0 atom stereocenters. The molecule has 0 aliphatic rings. The van der Waals surface area contributed by atoms with Crippen molar-refractivity contribution in [1.29, 1.82) is 5.26 Å². The van der Waals surface area contributed by atoms with Crippen LogP contribution in [-0.4, -0.2) is 12.0 Å². The summed E-state index contributed by atoms with van der Waals surface area (Å²) in [4.78, 5) is 12.4. The summed E-state index contributed by atoms with van der Waals surface area (Å²) in [5.74, 6) is 0. The fourth-order valence-electron chi connectivity index (χ4n) is 1.98. The minimum atomic E-state index is -0.533. The van der Waals surface area contributed by atoms with Gasteiger partial charge in [0.2, 0.25) is 0 Å². The third kappa shape index (κ3) is 3.38. The highest BCUT2D eigenvalue weighted by Crippen LogP contribution is 2.26. The Balaban J connectivity index is 2.30. The van der Waals surface area contributed by atoms with Crippen molar-refractivity contribution in [2.75, 3.05) is 11.9 Å². The summed E-state index contributed by atoms with van der Waals surface area (Å²) in [7, 11) is 1.85. The van der Waals surface area contributed by atoms with E-state index in [0.717, 1.165) is 10.0 Å². The van der Waals surface area contributed by atoms with Crippen LogP contribution in [0.2, 0.25) is 0 Å². The molecule has 0 aromatic heterocycles. The van der Waals surface area contributed by atoms with Gasteiger partial charge in [-0.2, -0.15) is 5.26 Å². The van der Waals surface area contributed by atoms with Crippen molar-refractivity contribution in [2.24, 2.45) is 0 Å². The second-order valence-electron chi connectivity index (χ2n) is 4.52. The highest BCUT2D eigenvalue weighted by atomic mass is 79.9. The summed E-state index contributed by atoms with van der Waals surface area (Å²) >= 11 is 3.48. The predicted molar refractivity (Wildman–Crippen MR) is 84.1 cm³/mol. The molecule has 0 aliphatic carbocycles. The van der Waals surface area contributed by atoms with Crippen LogP contribution in [0.5, 0.6) is 0 Å². The standard InChI is InChI=1S/C15H12BrN3O2/c1-18(10-12-4-2-3-5-14(12)16)13-7-6-11(9-17)15(8-13)19(20)21/h2-8H,10H2,1H3. The van der Waals surface area contributed by atoms with Crippen molar-refractivity contribution >= 4 is 27.3 Å². The lowest BCUT2D eigenvalue weighted by Crippen LogP contribution is -2.16. The molecule has 0 unspecified atom stereocenters. The van der Waals surface area contributed by atoms with E-state index in [1.807, 2.05) is 42.3 Å². The summed E-state index contributed by atoms with van der Waals surface area (Å²) in [5, 5.41) is 19.9. The van der Waals surface area contributed by atoms with E-state index >= 15 is 0 Å². The zero-order chi connectivity index (χ0) is 15.4. The zero-order valence-corrected chi connectivity index (χ0v) is 12.9. The molecule has 2 aromatic carbocycles. The first-order chi connectivity index (χ1) is 10.0. The Labute approximate surface area is 130 Å². The van der Waals surface area contributed by atoms with Crippen LogP contribution in [0.4, 0.5) is 11.4 Å². The normalized spacial score (nSPS) is 9.95. The lowest BCUT2D eigenvalue weighted by molar-refractivity contribution is -0.385. The zero-order valence-electron chi connectivity index (χ0n) is 11.3. The number of nitriles is 1. The highest BCUT2D eigenvalue weighted by molar-refractivity contribution is 9.10. The van der Waals surface area contributed by atoms with Crippen LogP contribution in [0.15, 0.2) is 46.9 Å². The Kier molecular flexibility index (Phi) is 4.55. The Bertz CT molecular complexity index is 725. The van der Waals surface area contributed by atoms with Crippen LogP contribution < -0.4 is 4.90 Å². The third-order valence-corrected chi connectivity index (χ3v) is 3.88.